The Morgan fingerprint density at radius 2 is 1.68 bits per heavy atom. The Labute approximate surface area is 184 Å². The molecular weight excluding hydrogens is 416 g/mol. The van der Waals surface area contributed by atoms with E-state index in [0.717, 1.165) is 18.4 Å². The number of amides is 1. The molecule has 7 nitrogen and oxygen atoms in total. The van der Waals surface area contributed by atoms with E-state index in [4.69, 9.17) is 9.47 Å². The number of nitrogens with one attached hydrogen (secondary N) is 1. The average Bonchev–Trinajstić information content (AvgIpc) is 3.30. The van der Waals surface area contributed by atoms with Gasteiger partial charge < -0.3 is 14.8 Å². The van der Waals surface area contributed by atoms with E-state index in [1.54, 1.807) is 31.2 Å². The zero-order valence-electron chi connectivity index (χ0n) is 18.3. The molecule has 1 fully saturated rings. The fraction of sp³-hybridized carbons (Fsp3) is 0.435. The molecule has 1 unspecified atom stereocenters. The van der Waals surface area contributed by atoms with Gasteiger partial charge >= 0.3 is 0 Å². The standard InChI is InChI=1S/C23H30N2O5S/c1-17-6-7-21(16-18(17)2)30-19(3)23(26)24-12-15-29-20-8-10-22(11-9-20)31(27,28)25-13-4-5-14-25/h6-11,16,19H,4-5,12-15H2,1-3H3,(H,24,26). The number of carbonyl (C=O) groups excluding carboxylic acids is 1. The van der Waals surface area contributed by atoms with Crippen molar-refractivity contribution in [3.63, 3.8) is 0 Å². The van der Waals surface area contributed by atoms with E-state index in [9.17, 15) is 13.2 Å². The molecule has 8 heteroatoms. The molecule has 31 heavy (non-hydrogen) atoms. The summed E-state index contributed by atoms with van der Waals surface area (Å²) in [5.74, 6) is 0.980. The summed E-state index contributed by atoms with van der Waals surface area (Å²) in [6.07, 6.45) is 1.18. The van der Waals surface area contributed by atoms with Crippen molar-refractivity contribution in [1.82, 2.24) is 9.62 Å². The van der Waals surface area contributed by atoms with Gasteiger partial charge in [-0.1, -0.05) is 6.07 Å². The Hall–Kier alpha value is -2.58. The SMILES string of the molecule is Cc1ccc(OC(C)C(=O)NCCOc2ccc(S(=O)(=O)N3CCCC3)cc2)cc1C. The Kier molecular flexibility index (Phi) is 7.56. The second-order valence-electron chi connectivity index (χ2n) is 7.73. The highest BCUT2D eigenvalue weighted by Gasteiger charge is 2.26. The molecular formula is C23H30N2O5S. The average molecular weight is 447 g/mol. The van der Waals surface area contributed by atoms with Crippen molar-refractivity contribution >= 4 is 15.9 Å². The summed E-state index contributed by atoms with van der Waals surface area (Å²) < 4.78 is 37.9. The maximum atomic E-state index is 12.5. The third-order valence-electron chi connectivity index (χ3n) is 5.36. The number of carbonyl (C=O) groups is 1. The van der Waals surface area contributed by atoms with Gasteiger partial charge in [0.1, 0.15) is 18.1 Å². The molecule has 0 saturated carbocycles. The molecule has 1 atom stereocenters. The van der Waals surface area contributed by atoms with Gasteiger partial charge in [0.05, 0.1) is 11.4 Å². The molecule has 1 aliphatic rings. The van der Waals surface area contributed by atoms with Gasteiger partial charge in [-0.3, -0.25) is 4.79 Å². The molecule has 168 valence electrons. The first kappa shape index (κ1) is 23.1. The molecule has 0 aromatic heterocycles. The van der Waals surface area contributed by atoms with Crippen LogP contribution in [0.15, 0.2) is 47.4 Å². The molecule has 2 aromatic carbocycles. The number of sulfonamides is 1. The summed E-state index contributed by atoms with van der Waals surface area (Å²) in [5, 5.41) is 2.78. The van der Waals surface area contributed by atoms with Gasteiger partial charge in [0.15, 0.2) is 6.10 Å². The van der Waals surface area contributed by atoms with Crippen LogP contribution in [-0.4, -0.2) is 51.0 Å². The van der Waals surface area contributed by atoms with Crippen LogP contribution in [0.3, 0.4) is 0 Å². The Balaban J connectivity index is 1.42. The highest BCUT2D eigenvalue weighted by atomic mass is 32.2. The van der Waals surface area contributed by atoms with E-state index in [1.807, 2.05) is 32.0 Å². The second-order valence-corrected chi connectivity index (χ2v) is 9.67. The third kappa shape index (κ3) is 5.98. The van der Waals surface area contributed by atoms with Crippen LogP contribution in [-0.2, 0) is 14.8 Å². The number of hydrogen-bond donors (Lipinski definition) is 1. The van der Waals surface area contributed by atoms with E-state index in [0.29, 0.717) is 31.1 Å². The van der Waals surface area contributed by atoms with Crippen LogP contribution in [0.5, 0.6) is 11.5 Å². The molecule has 0 aliphatic carbocycles. The van der Waals surface area contributed by atoms with Crippen LogP contribution >= 0.6 is 0 Å². The normalized spacial score (nSPS) is 15.5. The number of benzene rings is 2. The minimum atomic E-state index is -3.43. The lowest BCUT2D eigenvalue weighted by atomic mass is 10.1. The van der Waals surface area contributed by atoms with E-state index >= 15 is 0 Å². The van der Waals surface area contributed by atoms with Gasteiger partial charge in [-0.2, -0.15) is 4.31 Å². The molecule has 0 radical (unpaired) electrons. The minimum absolute atomic E-state index is 0.228. The van der Waals surface area contributed by atoms with Gasteiger partial charge in [-0.05, 0) is 81.1 Å². The van der Waals surface area contributed by atoms with E-state index < -0.39 is 16.1 Å². The monoisotopic (exact) mass is 446 g/mol. The largest absolute Gasteiger partial charge is 0.492 e. The van der Waals surface area contributed by atoms with E-state index in [2.05, 4.69) is 5.32 Å². The quantitative estimate of drug-likeness (QED) is 0.599. The van der Waals surface area contributed by atoms with E-state index in [1.165, 1.54) is 9.87 Å². The number of hydrogen-bond acceptors (Lipinski definition) is 5. The first-order valence-electron chi connectivity index (χ1n) is 10.5. The summed E-state index contributed by atoms with van der Waals surface area (Å²) in [7, 11) is -3.43. The number of rotatable bonds is 9. The first-order valence-corrected chi connectivity index (χ1v) is 12.0. The smallest absolute Gasteiger partial charge is 0.260 e. The van der Waals surface area contributed by atoms with Crippen LogP contribution in [0.4, 0.5) is 0 Å². The molecule has 2 aromatic rings. The van der Waals surface area contributed by atoms with Gasteiger partial charge in [0, 0.05) is 13.1 Å². The predicted octanol–water partition coefficient (Wildman–Crippen LogP) is 3.05. The first-order chi connectivity index (χ1) is 14.8. The second kappa shape index (κ2) is 10.2. The van der Waals surface area contributed by atoms with Crippen LogP contribution in [0.2, 0.25) is 0 Å². The summed E-state index contributed by atoms with van der Waals surface area (Å²) in [6.45, 7) is 7.45. The fourth-order valence-electron chi connectivity index (χ4n) is 3.32. The lowest BCUT2D eigenvalue weighted by Crippen LogP contribution is -2.38. The molecule has 1 heterocycles. The van der Waals surface area contributed by atoms with Gasteiger partial charge in [-0.15, -0.1) is 0 Å². The molecule has 1 N–H and O–H groups in total. The van der Waals surface area contributed by atoms with Crippen molar-refractivity contribution in [2.45, 2.75) is 44.6 Å². The summed E-state index contributed by atoms with van der Waals surface area (Å²) in [4.78, 5) is 12.5. The summed E-state index contributed by atoms with van der Waals surface area (Å²) in [5.41, 5.74) is 2.28. The van der Waals surface area contributed by atoms with Gasteiger partial charge in [0.25, 0.3) is 5.91 Å². The topological polar surface area (TPSA) is 84.9 Å². The van der Waals surface area contributed by atoms with Crippen LogP contribution in [0.25, 0.3) is 0 Å². The van der Waals surface area contributed by atoms with Crippen molar-refractivity contribution in [3.05, 3.63) is 53.6 Å². The van der Waals surface area contributed by atoms with Crippen molar-refractivity contribution < 1.29 is 22.7 Å². The Bertz CT molecular complexity index is 999. The molecule has 1 aliphatic heterocycles. The lowest BCUT2D eigenvalue weighted by molar-refractivity contribution is -0.127. The van der Waals surface area contributed by atoms with E-state index in [-0.39, 0.29) is 17.4 Å². The number of ether oxygens (including phenoxy) is 2. The lowest BCUT2D eigenvalue weighted by Gasteiger charge is -2.16. The van der Waals surface area contributed by atoms with Crippen molar-refractivity contribution in [1.29, 1.82) is 0 Å². The third-order valence-corrected chi connectivity index (χ3v) is 7.27. The Morgan fingerprint density at radius 1 is 1.03 bits per heavy atom. The van der Waals surface area contributed by atoms with Gasteiger partial charge in [0.2, 0.25) is 10.0 Å². The van der Waals surface area contributed by atoms with Crippen molar-refractivity contribution in [3.8, 4) is 11.5 Å². The van der Waals surface area contributed by atoms with Crippen molar-refractivity contribution in [2.75, 3.05) is 26.2 Å². The van der Waals surface area contributed by atoms with Crippen LogP contribution in [0.1, 0.15) is 30.9 Å². The number of aryl methyl sites for hydroxylation is 2. The molecule has 1 amide bonds. The summed E-state index contributed by atoms with van der Waals surface area (Å²) in [6, 6.07) is 12.1. The molecule has 3 rings (SSSR count). The summed E-state index contributed by atoms with van der Waals surface area (Å²) >= 11 is 0. The molecule has 1 saturated heterocycles. The number of nitrogens with zero attached hydrogens (tertiary/aromatic N) is 1. The van der Waals surface area contributed by atoms with Crippen molar-refractivity contribution in [2.24, 2.45) is 0 Å². The Morgan fingerprint density at radius 3 is 2.32 bits per heavy atom. The van der Waals surface area contributed by atoms with Crippen LogP contribution < -0.4 is 14.8 Å². The van der Waals surface area contributed by atoms with Crippen LogP contribution in [0, 0.1) is 13.8 Å². The maximum absolute atomic E-state index is 12.5. The van der Waals surface area contributed by atoms with Gasteiger partial charge in [-0.25, -0.2) is 8.42 Å². The zero-order chi connectivity index (χ0) is 22.4. The highest BCUT2D eigenvalue weighted by molar-refractivity contribution is 7.89. The predicted molar refractivity (Wildman–Crippen MR) is 119 cm³/mol. The molecule has 0 spiro atoms. The fourth-order valence-corrected chi connectivity index (χ4v) is 4.83. The highest BCUT2D eigenvalue weighted by Crippen LogP contribution is 2.23. The minimum Gasteiger partial charge on any atom is -0.492 e. The molecule has 0 bridgehead atoms. The zero-order valence-corrected chi connectivity index (χ0v) is 19.1. The maximum Gasteiger partial charge on any atom is 0.260 e.